The minimum Gasteiger partial charge on any atom is -0.505 e. The molecule has 0 radical (unpaired) electrons. The lowest BCUT2D eigenvalue weighted by Gasteiger charge is -2.31. The van der Waals surface area contributed by atoms with Gasteiger partial charge >= 0.3 is 0 Å². The predicted octanol–water partition coefficient (Wildman–Crippen LogP) is 2.67. The summed E-state index contributed by atoms with van der Waals surface area (Å²) in [7, 11) is 0. The van der Waals surface area contributed by atoms with Crippen LogP contribution in [0.15, 0.2) is 66.2 Å². The molecular formula is C18H22N2O2. The summed E-state index contributed by atoms with van der Waals surface area (Å²) < 4.78 is 5.36. The van der Waals surface area contributed by atoms with Gasteiger partial charge in [0.2, 0.25) is 0 Å². The van der Waals surface area contributed by atoms with Gasteiger partial charge in [-0.25, -0.2) is 0 Å². The van der Waals surface area contributed by atoms with E-state index in [2.05, 4.69) is 23.6 Å². The Labute approximate surface area is 131 Å². The van der Waals surface area contributed by atoms with Crippen LogP contribution in [0.5, 0.6) is 0 Å². The molecule has 1 saturated heterocycles. The second-order valence-corrected chi connectivity index (χ2v) is 5.64. The van der Waals surface area contributed by atoms with Crippen LogP contribution in [0.1, 0.15) is 5.56 Å². The first-order valence-electron chi connectivity index (χ1n) is 7.64. The van der Waals surface area contributed by atoms with Gasteiger partial charge in [0, 0.05) is 38.0 Å². The third-order valence-electron chi connectivity index (χ3n) is 4.07. The molecule has 116 valence electrons. The largest absolute Gasteiger partial charge is 0.505 e. The number of aliphatic hydroxyl groups excluding tert-OH is 1. The summed E-state index contributed by atoms with van der Waals surface area (Å²) >= 11 is 0. The highest BCUT2D eigenvalue weighted by Gasteiger charge is 2.20. The maximum atomic E-state index is 10.4. The van der Waals surface area contributed by atoms with Crippen molar-refractivity contribution < 1.29 is 9.84 Å². The van der Waals surface area contributed by atoms with Crippen molar-refractivity contribution in [3.63, 3.8) is 0 Å². The van der Waals surface area contributed by atoms with Crippen molar-refractivity contribution in [1.82, 2.24) is 9.80 Å². The molecule has 1 aromatic rings. The fraction of sp³-hybridized carbons (Fsp3) is 0.333. The molecule has 1 N–H and O–H groups in total. The Morgan fingerprint density at radius 2 is 1.82 bits per heavy atom. The molecule has 0 unspecified atom stereocenters. The van der Waals surface area contributed by atoms with Crippen molar-refractivity contribution in [2.75, 3.05) is 32.8 Å². The third kappa shape index (κ3) is 3.40. The highest BCUT2D eigenvalue weighted by Crippen LogP contribution is 2.24. The Morgan fingerprint density at radius 3 is 2.55 bits per heavy atom. The first-order valence-corrected chi connectivity index (χ1v) is 7.64. The van der Waals surface area contributed by atoms with E-state index in [0.29, 0.717) is 18.0 Å². The van der Waals surface area contributed by atoms with Crippen molar-refractivity contribution in [2.24, 2.45) is 0 Å². The molecule has 0 aromatic heterocycles. The van der Waals surface area contributed by atoms with Crippen molar-refractivity contribution in [1.29, 1.82) is 0 Å². The van der Waals surface area contributed by atoms with Gasteiger partial charge in [0.1, 0.15) is 5.76 Å². The quantitative estimate of drug-likeness (QED) is 0.927. The average Bonchev–Trinajstić information content (AvgIpc) is 2.56. The second-order valence-electron chi connectivity index (χ2n) is 5.64. The van der Waals surface area contributed by atoms with Crippen LogP contribution < -0.4 is 0 Å². The zero-order valence-corrected chi connectivity index (χ0v) is 12.7. The van der Waals surface area contributed by atoms with Crippen molar-refractivity contribution in [3.05, 3.63) is 71.8 Å². The maximum absolute atomic E-state index is 10.4. The lowest BCUT2D eigenvalue weighted by Crippen LogP contribution is -2.38. The van der Waals surface area contributed by atoms with Crippen LogP contribution in [0.4, 0.5) is 0 Å². The Balaban J connectivity index is 1.66. The molecule has 1 fully saturated rings. The minimum absolute atomic E-state index is 0.296. The highest BCUT2D eigenvalue weighted by atomic mass is 16.5. The average molecular weight is 298 g/mol. The van der Waals surface area contributed by atoms with Gasteiger partial charge in [0.15, 0.2) is 0 Å². The van der Waals surface area contributed by atoms with E-state index in [9.17, 15) is 5.11 Å². The molecular weight excluding hydrogens is 276 g/mol. The second kappa shape index (κ2) is 6.81. The van der Waals surface area contributed by atoms with Crippen LogP contribution >= 0.6 is 0 Å². The predicted molar refractivity (Wildman–Crippen MR) is 87.2 cm³/mol. The van der Waals surface area contributed by atoms with Gasteiger partial charge in [0.25, 0.3) is 0 Å². The Kier molecular flexibility index (Phi) is 4.61. The van der Waals surface area contributed by atoms with E-state index in [4.69, 9.17) is 4.74 Å². The number of morpholine rings is 1. The molecule has 22 heavy (non-hydrogen) atoms. The van der Waals surface area contributed by atoms with E-state index in [1.807, 2.05) is 35.4 Å². The van der Waals surface area contributed by atoms with Gasteiger partial charge in [-0.15, -0.1) is 0 Å². The molecule has 4 heteroatoms. The monoisotopic (exact) mass is 298 g/mol. The lowest BCUT2D eigenvalue weighted by molar-refractivity contribution is 0.0421. The van der Waals surface area contributed by atoms with Crippen molar-refractivity contribution >= 4 is 0 Å². The number of hydrogen-bond acceptors (Lipinski definition) is 4. The molecule has 2 heterocycles. The summed E-state index contributed by atoms with van der Waals surface area (Å²) in [6.07, 6.45) is 3.99. The summed E-state index contributed by atoms with van der Waals surface area (Å²) in [6.45, 7) is 8.83. The summed E-state index contributed by atoms with van der Waals surface area (Å²) in [5, 5.41) is 10.4. The molecule has 0 spiro atoms. The number of rotatable bonds is 4. The third-order valence-corrected chi connectivity index (χ3v) is 4.07. The Hall–Kier alpha value is -2.04. The zero-order chi connectivity index (χ0) is 15.4. The van der Waals surface area contributed by atoms with Crippen LogP contribution in [0.25, 0.3) is 0 Å². The molecule has 0 saturated carbocycles. The molecule has 0 aliphatic carbocycles. The van der Waals surface area contributed by atoms with Gasteiger partial charge in [-0.05, 0) is 11.6 Å². The van der Waals surface area contributed by atoms with E-state index in [-0.39, 0.29) is 0 Å². The summed E-state index contributed by atoms with van der Waals surface area (Å²) in [6, 6.07) is 10.2. The SMILES string of the molecule is C=C1C(O)=C(CN2CCOCC2)C=CN1Cc1ccccc1. The Bertz CT molecular complexity index is 586. The van der Waals surface area contributed by atoms with Gasteiger partial charge < -0.3 is 14.7 Å². The lowest BCUT2D eigenvalue weighted by atomic mass is 10.1. The molecule has 0 amide bonds. The van der Waals surface area contributed by atoms with Gasteiger partial charge in [-0.2, -0.15) is 0 Å². The van der Waals surface area contributed by atoms with E-state index < -0.39 is 0 Å². The molecule has 4 nitrogen and oxygen atoms in total. The van der Waals surface area contributed by atoms with Gasteiger partial charge in [-0.3, -0.25) is 4.90 Å². The van der Waals surface area contributed by atoms with Crippen LogP contribution in [0, 0.1) is 0 Å². The first kappa shape index (κ1) is 14.9. The molecule has 1 aromatic carbocycles. The molecule has 3 rings (SSSR count). The number of hydrogen-bond donors (Lipinski definition) is 1. The number of benzene rings is 1. The van der Waals surface area contributed by atoms with Crippen molar-refractivity contribution in [3.8, 4) is 0 Å². The number of aliphatic hydroxyl groups is 1. The maximum Gasteiger partial charge on any atom is 0.143 e. The summed E-state index contributed by atoms with van der Waals surface area (Å²) in [5.41, 5.74) is 2.78. The van der Waals surface area contributed by atoms with Crippen LogP contribution in [0.3, 0.4) is 0 Å². The first-order chi connectivity index (χ1) is 10.7. The molecule has 0 bridgehead atoms. The minimum atomic E-state index is 0.296. The summed E-state index contributed by atoms with van der Waals surface area (Å²) in [4.78, 5) is 4.27. The van der Waals surface area contributed by atoms with E-state index in [0.717, 1.165) is 38.4 Å². The van der Waals surface area contributed by atoms with E-state index in [1.54, 1.807) is 0 Å². The fourth-order valence-electron chi connectivity index (χ4n) is 2.73. The summed E-state index contributed by atoms with van der Waals surface area (Å²) in [5.74, 6) is 0.296. The van der Waals surface area contributed by atoms with Crippen molar-refractivity contribution in [2.45, 2.75) is 6.54 Å². The van der Waals surface area contributed by atoms with E-state index >= 15 is 0 Å². The van der Waals surface area contributed by atoms with Crippen LogP contribution in [-0.2, 0) is 11.3 Å². The Morgan fingerprint density at radius 1 is 1.09 bits per heavy atom. The van der Waals surface area contributed by atoms with Gasteiger partial charge in [0.05, 0.1) is 18.9 Å². The molecule has 2 aliphatic rings. The molecule has 2 aliphatic heterocycles. The highest BCUT2D eigenvalue weighted by molar-refractivity contribution is 5.39. The molecule has 0 atom stereocenters. The van der Waals surface area contributed by atoms with E-state index in [1.165, 1.54) is 5.56 Å². The standard InChI is InChI=1S/C18H22N2O2/c1-15-18(21)17(14-19-9-11-22-12-10-19)7-8-20(15)13-16-5-3-2-4-6-16/h2-8,21H,1,9-14H2. The number of ether oxygens (including phenoxy) is 1. The number of nitrogens with zero attached hydrogens (tertiary/aromatic N) is 2. The zero-order valence-electron chi connectivity index (χ0n) is 12.7. The smallest absolute Gasteiger partial charge is 0.143 e. The normalized spacial score (nSPS) is 19.8. The topological polar surface area (TPSA) is 35.9 Å². The fourth-order valence-corrected chi connectivity index (χ4v) is 2.73. The van der Waals surface area contributed by atoms with Gasteiger partial charge in [-0.1, -0.05) is 36.9 Å². The van der Waals surface area contributed by atoms with Crippen LogP contribution in [-0.4, -0.2) is 47.8 Å². The van der Waals surface area contributed by atoms with Crippen LogP contribution in [0.2, 0.25) is 0 Å².